The highest BCUT2D eigenvalue weighted by Gasteiger charge is 2.37. The maximum absolute atomic E-state index is 13.0. The van der Waals surface area contributed by atoms with Gasteiger partial charge in [0.1, 0.15) is 45.3 Å². The number of fused-ring (bicyclic) bond motifs is 6. The molecule has 27 heavy (non-hydrogen) atoms. The summed E-state index contributed by atoms with van der Waals surface area (Å²) in [5.41, 5.74) is -0.244. The van der Waals surface area contributed by atoms with Crippen molar-refractivity contribution in [3.63, 3.8) is 0 Å². The summed E-state index contributed by atoms with van der Waals surface area (Å²) in [5, 5.41) is 30.7. The number of rotatable bonds is 1. The summed E-state index contributed by atoms with van der Waals surface area (Å²) in [4.78, 5) is 13.0. The van der Waals surface area contributed by atoms with Gasteiger partial charge in [0.2, 0.25) is 5.43 Å². The Kier molecular flexibility index (Phi) is 2.94. The van der Waals surface area contributed by atoms with Gasteiger partial charge < -0.3 is 28.9 Å². The molecule has 1 aliphatic heterocycles. The second kappa shape index (κ2) is 4.95. The Bertz CT molecular complexity index is 1300. The standard InChI is InChI=1S/C20H16O7/c1-20(2,24)14-7-10-12(25-14)4-3-9-15-17(23)16-11(22)5-8(21)6-13(16)26-19(15)27-18(9)10/h3-6,14,21-22,24H,7H2,1-2H3/t14-/m0/s1. The predicted octanol–water partition coefficient (Wildman–Crippen LogP) is 3.18. The van der Waals surface area contributed by atoms with E-state index >= 15 is 0 Å². The minimum absolute atomic E-state index is 0.00705. The van der Waals surface area contributed by atoms with E-state index in [2.05, 4.69) is 0 Å². The highest BCUT2D eigenvalue weighted by molar-refractivity contribution is 6.08. The first kappa shape index (κ1) is 16.0. The van der Waals surface area contributed by atoms with Crippen molar-refractivity contribution in [1.82, 2.24) is 0 Å². The molecule has 0 saturated heterocycles. The number of aliphatic hydroxyl groups is 1. The van der Waals surface area contributed by atoms with Crippen molar-refractivity contribution in [2.75, 3.05) is 0 Å². The number of benzene rings is 2. The van der Waals surface area contributed by atoms with Gasteiger partial charge in [0, 0.05) is 29.5 Å². The van der Waals surface area contributed by atoms with E-state index in [0.717, 1.165) is 11.6 Å². The van der Waals surface area contributed by atoms with Gasteiger partial charge in [0.25, 0.3) is 0 Å². The first-order valence-electron chi connectivity index (χ1n) is 8.50. The number of phenolic OH excluding ortho intramolecular Hbond substituents is 2. The molecule has 0 unspecified atom stereocenters. The van der Waals surface area contributed by atoms with Gasteiger partial charge in [-0.15, -0.1) is 0 Å². The van der Waals surface area contributed by atoms with E-state index in [1.165, 1.54) is 6.07 Å². The van der Waals surface area contributed by atoms with Gasteiger partial charge in [-0.2, -0.15) is 0 Å². The summed E-state index contributed by atoms with van der Waals surface area (Å²) in [6, 6.07) is 5.78. The first-order chi connectivity index (χ1) is 12.7. The molecule has 1 aliphatic rings. The zero-order valence-electron chi connectivity index (χ0n) is 14.6. The molecule has 1 atom stereocenters. The van der Waals surface area contributed by atoms with Crippen molar-refractivity contribution in [2.45, 2.75) is 32.0 Å². The van der Waals surface area contributed by atoms with E-state index in [9.17, 15) is 20.1 Å². The molecular formula is C20H16O7. The topological polar surface area (TPSA) is 113 Å². The minimum atomic E-state index is -1.04. The third-order valence-corrected chi connectivity index (χ3v) is 5.06. The van der Waals surface area contributed by atoms with Gasteiger partial charge in [0.15, 0.2) is 0 Å². The minimum Gasteiger partial charge on any atom is -0.508 e. The Hall–Kier alpha value is -3.19. The molecule has 2 aromatic heterocycles. The number of phenols is 2. The van der Waals surface area contributed by atoms with E-state index in [4.69, 9.17) is 13.6 Å². The highest BCUT2D eigenvalue weighted by atomic mass is 16.5. The zero-order valence-corrected chi connectivity index (χ0v) is 14.6. The van der Waals surface area contributed by atoms with Gasteiger partial charge in [-0.3, -0.25) is 4.79 Å². The molecule has 0 radical (unpaired) electrons. The Morgan fingerprint density at radius 1 is 1.11 bits per heavy atom. The van der Waals surface area contributed by atoms with E-state index in [1.807, 2.05) is 0 Å². The van der Waals surface area contributed by atoms with Crippen LogP contribution in [0.15, 0.2) is 37.9 Å². The lowest BCUT2D eigenvalue weighted by Gasteiger charge is -2.24. The summed E-state index contributed by atoms with van der Waals surface area (Å²) in [6.07, 6.45) is -0.00882. The normalized spacial score (nSPS) is 16.9. The van der Waals surface area contributed by atoms with Crippen LogP contribution in [0.5, 0.6) is 17.2 Å². The molecule has 0 aliphatic carbocycles. The maximum Gasteiger partial charge on any atom is 0.302 e. The van der Waals surface area contributed by atoms with Crippen molar-refractivity contribution in [3.05, 3.63) is 40.1 Å². The second-order valence-electron chi connectivity index (χ2n) is 7.42. The maximum atomic E-state index is 13.0. The molecule has 0 fully saturated rings. The van der Waals surface area contributed by atoms with Crippen molar-refractivity contribution in [1.29, 1.82) is 0 Å². The number of aromatic hydroxyl groups is 2. The highest BCUT2D eigenvalue weighted by Crippen LogP contribution is 2.42. The van der Waals surface area contributed by atoms with Crippen LogP contribution < -0.4 is 10.2 Å². The SMILES string of the molecule is CC(C)(O)[C@@H]1Cc2c(ccc3c2oc2oc4cc(O)cc(O)c4c(=O)c23)O1. The molecule has 5 rings (SSSR count). The van der Waals surface area contributed by atoms with Crippen LogP contribution in [0.2, 0.25) is 0 Å². The molecule has 4 aromatic rings. The third-order valence-electron chi connectivity index (χ3n) is 5.06. The second-order valence-corrected chi connectivity index (χ2v) is 7.42. The average molecular weight is 368 g/mol. The first-order valence-corrected chi connectivity index (χ1v) is 8.50. The number of hydrogen-bond acceptors (Lipinski definition) is 7. The van der Waals surface area contributed by atoms with Crippen LogP contribution in [-0.2, 0) is 6.42 Å². The van der Waals surface area contributed by atoms with Crippen LogP contribution in [-0.4, -0.2) is 27.0 Å². The molecular weight excluding hydrogens is 352 g/mol. The third kappa shape index (κ3) is 2.15. The van der Waals surface area contributed by atoms with E-state index in [-0.39, 0.29) is 33.6 Å². The van der Waals surface area contributed by atoms with Crippen molar-refractivity contribution < 1.29 is 28.9 Å². The van der Waals surface area contributed by atoms with Crippen LogP contribution >= 0.6 is 0 Å². The lowest BCUT2D eigenvalue weighted by Crippen LogP contribution is -2.39. The predicted molar refractivity (Wildman–Crippen MR) is 97.5 cm³/mol. The molecule has 3 N–H and O–H groups in total. The average Bonchev–Trinajstić information content (AvgIpc) is 3.13. The van der Waals surface area contributed by atoms with Crippen molar-refractivity contribution >= 4 is 33.1 Å². The Morgan fingerprint density at radius 3 is 2.63 bits per heavy atom. The van der Waals surface area contributed by atoms with Gasteiger partial charge in [-0.1, -0.05) is 0 Å². The quantitative estimate of drug-likeness (QED) is 0.473. The van der Waals surface area contributed by atoms with Gasteiger partial charge in [0.05, 0.1) is 5.60 Å². The van der Waals surface area contributed by atoms with Gasteiger partial charge >= 0.3 is 5.78 Å². The molecule has 7 heteroatoms. The monoisotopic (exact) mass is 368 g/mol. The lowest BCUT2D eigenvalue weighted by atomic mass is 9.96. The molecule has 138 valence electrons. The summed E-state index contributed by atoms with van der Waals surface area (Å²) in [6.45, 7) is 3.35. The fourth-order valence-electron chi connectivity index (χ4n) is 3.66. The van der Waals surface area contributed by atoms with Crippen LogP contribution in [0.1, 0.15) is 19.4 Å². The van der Waals surface area contributed by atoms with Crippen molar-refractivity contribution in [3.8, 4) is 17.2 Å². The molecule has 0 saturated carbocycles. The molecule has 0 amide bonds. The van der Waals surface area contributed by atoms with Crippen molar-refractivity contribution in [2.24, 2.45) is 0 Å². The molecule has 3 heterocycles. The van der Waals surface area contributed by atoms with Gasteiger partial charge in [-0.05, 0) is 26.0 Å². The van der Waals surface area contributed by atoms with E-state index in [1.54, 1.807) is 26.0 Å². The Balaban J connectivity index is 1.85. The molecule has 0 bridgehead atoms. The largest absolute Gasteiger partial charge is 0.508 e. The van der Waals surface area contributed by atoms with Gasteiger partial charge in [-0.25, -0.2) is 0 Å². The van der Waals surface area contributed by atoms with E-state index in [0.29, 0.717) is 23.1 Å². The molecule has 7 nitrogen and oxygen atoms in total. The number of furan rings is 1. The number of hydrogen-bond donors (Lipinski definition) is 3. The summed E-state index contributed by atoms with van der Waals surface area (Å²) >= 11 is 0. The summed E-state index contributed by atoms with van der Waals surface area (Å²) in [7, 11) is 0. The fraction of sp³-hybridized carbons (Fsp3) is 0.250. The molecule has 0 spiro atoms. The Labute approximate surface area is 152 Å². The van der Waals surface area contributed by atoms with Crippen LogP contribution in [0.4, 0.5) is 0 Å². The lowest BCUT2D eigenvalue weighted by molar-refractivity contribution is -0.0229. The van der Waals surface area contributed by atoms with Crippen LogP contribution in [0, 0.1) is 0 Å². The number of ether oxygens (including phenoxy) is 1. The van der Waals surface area contributed by atoms with Crippen LogP contribution in [0.3, 0.4) is 0 Å². The van der Waals surface area contributed by atoms with E-state index < -0.39 is 17.1 Å². The summed E-state index contributed by atoms with van der Waals surface area (Å²) in [5.74, 6) is 0.0151. The Morgan fingerprint density at radius 2 is 1.89 bits per heavy atom. The van der Waals surface area contributed by atoms with Crippen LogP contribution in [0.25, 0.3) is 33.1 Å². The smallest absolute Gasteiger partial charge is 0.302 e. The fourth-order valence-corrected chi connectivity index (χ4v) is 3.66. The zero-order chi connectivity index (χ0) is 19.1. The molecule has 2 aromatic carbocycles. The summed E-state index contributed by atoms with van der Waals surface area (Å²) < 4.78 is 17.3.